The van der Waals surface area contributed by atoms with E-state index in [0.29, 0.717) is 12.2 Å². The molecule has 0 spiro atoms. The number of carbonyl (C=O) groups excluding carboxylic acids is 1. The Kier molecular flexibility index (Phi) is 4.83. The molecule has 1 rings (SSSR count). The molecule has 0 aliphatic rings. The molecule has 1 aromatic rings. The Bertz CT molecular complexity index is 381. The molecular formula is C11H13N3O2. The molecule has 0 bridgehead atoms. The highest BCUT2D eigenvalue weighted by atomic mass is 16.3. The van der Waals surface area contributed by atoms with Crippen LogP contribution in [-0.2, 0) is 4.79 Å². The number of amides is 1. The number of anilines is 2. The van der Waals surface area contributed by atoms with Gasteiger partial charge in [-0.2, -0.15) is 5.26 Å². The van der Waals surface area contributed by atoms with Gasteiger partial charge in [0, 0.05) is 17.9 Å². The van der Waals surface area contributed by atoms with Crippen LogP contribution in [0.3, 0.4) is 0 Å². The van der Waals surface area contributed by atoms with Gasteiger partial charge < -0.3 is 15.7 Å². The lowest BCUT2D eigenvalue weighted by atomic mass is 10.2. The van der Waals surface area contributed by atoms with Gasteiger partial charge in [-0.05, 0) is 24.3 Å². The summed E-state index contributed by atoms with van der Waals surface area (Å²) in [6.07, 6.45) is -0.148. The van der Waals surface area contributed by atoms with Crippen LogP contribution in [0.4, 0.5) is 11.4 Å². The van der Waals surface area contributed by atoms with Crippen molar-refractivity contribution >= 4 is 17.3 Å². The molecule has 16 heavy (non-hydrogen) atoms. The summed E-state index contributed by atoms with van der Waals surface area (Å²) in [5, 5.41) is 22.5. The summed E-state index contributed by atoms with van der Waals surface area (Å²) in [6.45, 7) is 0.556. The van der Waals surface area contributed by atoms with Gasteiger partial charge >= 0.3 is 0 Å². The molecule has 5 nitrogen and oxygen atoms in total. The third kappa shape index (κ3) is 3.98. The molecule has 0 aromatic heterocycles. The fourth-order valence-corrected chi connectivity index (χ4v) is 1.15. The Morgan fingerprint density at radius 3 is 2.50 bits per heavy atom. The molecule has 1 aromatic carbocycles. The number of aliphatic hydroxyl groups excluding tert-OH is 1. The molecule has 0 aliphatic heterocycles. The monoisotopic (exact) mass is 219 g/mol. The Balaban J connectivity index is 2.51. The SMILES string of the molecule is N#CCC(=O)Nc1ccc(NCCO)cc1. The van der Waals surface area contributed by atoms with Gasteiger partial charge in [-0.3, -0.25) is 4.79 Å². The van der Waals surface area contributed by atoms with E-state index in [2.05, 4.69) is 10.6 Å². The molecule has 0 aliphatic carbocycles. The predicted octanol–water partition coefficient (Wildman–Crippen LogP) is 0.943. The van der Waals surface area contributed by atoms with E-state index in [0.717, 1.165) is 5.69 Å². The number of nitriles is 1. The first kappa shape index (κ1) is 12.0. The van der Waals surface area contributed by atoms with E-state index in [-0.39, 0.29) is 18.9 Å². The van der Waals surface area contributed by atoms with Crippen molar-refractivity contribution in [3.63, 3.8) is 0 Å². The topological polar surface area (TPSA) is 85.2 Å². The van der Waals surface area contributed by atoms with E-state index in [4.69, 9.17) is 10.4 Å². The standard InChI is InChI=1S/C11H13N3O2/c12-6-5-11(16)14-10-3-1-9(2-4-10)13-7-8-15/h1-4,13,15H,5,7-8H2,(H,14,16). The average molecular weight is 219 g/mol. The minimum absolute atomic E-state index is 0.0701. The molecular weight excluding hydrogens is 206 g/mol. The molecule has 5 heteroatoms. The van der Waals surface area contributed by atoms with E-state index in [1.165, 1.54) is 0 Å². The van der Waals surface area contributed by atoms with Gasteiger partial charge in [-0.25, -0.2) is 0 Å². The van der Waals surface area contributed by atoms with Crippen molar-refractivity contribution in [2.45, 2.75) is 6.42 Å². The van der Waals surface area contributed by atoms with E-state index >= 15 is 0 Å². The van der Waals surface area contributed by atoms with E-state index in [1.54, 1.807) is 30.3 Å². The molecule has 84 valence electrons. The Morgan fingerprint density at radius 1 is 1.31 bits per heavy atom. The van der Waals surface area contributed by atoms with Gasteiger partial charge in [-0.1, -0.05) is 0 Å². The van der Waals surface area contributed by atoms with E-state index < -0.39 is 0 Å². The van der Waals surface area contributed by atoms with Gasteiger partial charge in [0.05, 0.1) is 12.7 Å². The lowest BCUT2D eigenvalue weighted by Crippen LogP contribution is -2.10. The van der Waals surface area contributed by atoms with E-state index in [1.807, 2.05) is 0 Å². The third-order valence-corrected chi connectivity index (χ3v) is 1.85. The van der Waals surface area contributed by atoms with Crippen LogP contribution in [0, 0.1) is 11.3 Å². The summed E-state index contributed by atoms with van der Waals surface area (Å²) in [5.74, 6) is -0.321. The van der Waals surface area contributed by atoms with E-state index in [9.17, 15) is 4.79 Å². The second-order valence-corrected chi connectivity index (χ2v) is 3.11. The number of benzene rings is 1. The minimum atomic E-state index is -0.321. The lowest BCUT2D eigenvalue weighted by Gasteiger charge is -2.06. The molecule has 3 N–H and O–H groups in total. The number of hydrogen-bond donors (Lipinski definition) is 3. The lowest BCUT2D eigenvalue weighted by molar-refractivity contribution is -0.115. The van der Waals surface area contributed by atoms with Crippen LogP contribution >= 0.6 is 0 Å². The molecule has 0 atom stereocenters. The van der Waals surface area contributed by atoms with Crippen molar-refractivity contribution in [2.24, 2.45) is 0 Å². The number of aliphatic hydroxyl groups is 1. The Hall–Kier alpha value is -2.06. The van der Waals surface area contributed by atoms with Crippen molar-refractivity contribution in [1.29, 1.82) is 5.26 Å². The third-order valence-electron chi connectivity index (χ3n) is 1.85. The first-order chi connectivity index (χ1) is 7.76. The number of nitrogens with one attached hydrogen (secondary N) is 2. The first-order valence-electron chi connectivity index (χ1n) is 4.88. The van der Waals surface area contributed by atoms with Crippen molar-refractivity contribution in [1.82, 2.24) is 0 Å². The van der Waals surface area contributed by atoms with Gasteiger partial charge in [0.2, 0.25) is 5.91 Å². The quantitative estimate of drug-likeness (QED) is 0.688. The second-order valence-electron chi connectivity index (χ2n) is 3.11. The van der Waals surface area contributed by atoms with Crippen LogP contribution in [0.2, 0.25) is 0 Å². The number of hydrogen-bond acceptors (Lipinski definition) is 4. The van der Waals surface area contributed by atoms with Crippen molar-refractivity contribution in [2.75, 3.05) is 23.8 Å². The van der Waals surface area contributed by atoms with Crippen LogP contribution < -0.4 is 10.6 Å². The van der Waals surface area contributed by atoms with Gasteiger partial charge in [0.15, 0.2) is 0 Å². The first-order valence-corrected chi connectivity index (χ1v) is 4.88. The predicted molar refractivity (Wildman–Crippen MR) is 60.9 cm³/mol. The fourth-order valence-electron chi connectivity index (χ4n) is 1.15. The molecule has 1 amide bonds. The summed E-state index contributed by atoms with van der Waals surface area (Å²) in [6, 6.07) is 8.82. The van der Waals surface area contributed by atoms with Crippen LogP contribution in [0.25, 0.3) is 0 Å². The van der Waals surface area contributed by atoms with Crippen LogP contribution in [0.5, 0.6) is 0 Å². The van der Waals surface area contributed by atoms with Gasteiger partial charge in [-0.15, -0.1) is 0 Å². The molecule has 0 saturated carbocycles. The zero-order valence-corrected chi connectivity index (χ0v) is 8.73. The number of nitrogens with zero attached hydrogens (tertiary/aromatic N) is 1. The summed E-state index contributed by atoms with van der Waals surface area (Å²) in [7, 11) is 0. The summed E-state index contributed by atoms with van der Waals surface area (Å²) in [5.41, 5.74) is 1.52. The largest absolute Gasteiger partial charge is 0.395 e. The summed E-state index contributed by atoms with van der Waals surface area (Å²) in [4.78, 5) is 11.1. The van der Waals surface area contributed by atoms with Crippen molar-refractivity contribution in [3.8, 4) is 6.07 Å². The van der Waals surface area contributed by atoms with Gasteiger partial charge in [0.25, 0.3) is 0 Å². The van der Waals surface area contributed by atoms with Crippen LogP contribution in [0.1, 0.15) is 6.42 Å². The molecule has 0 heterocycles. The normalized spacial score (nSPS) is 9.25. The smallest absolute Gasteiger partial charge is 0.238 e. The number of rotatable bonds is 5. The Labute approximate surface area is 93.7 Å². The molecule has 0 fully saturated rings. The highest BCUT2D eigenvalue weighted by Gasteiger charge is 2.00. The molecule has 0 saturated heterocycles. The summed E-state index contributed by atoms with van der Waals surface area (Å²) < 4.78 is 0. The number of carbonyl (C=O) groups is 1. The van der Waals surface area contributed by atoms with Crippen molar-refractivity contribution < 1.29 is 9.90 Å². The highest BCUT2D eigenvalue weighted by Crippen LogP contribution is 2.13. The van der Waals surface area contributed by atoms with Crippen molar-refractivity contribution in [3.05, 3.63) is 24.3 Å². The van der Waals surface area contributed by atoms with Gasteiger partial charge in [0.1, 0.15) is 6.42 Å². The maximum absolute atomic E-state index is 11.1. The van der Waals surface area contributed by atoms with Crippen LogP contribution in [0.15, 0.2) is 24.3 Å². The second kappa shape index (κ2) is 6.43. The molecule has 0 radical (unpaired) electrons. The highest BCUT2D eigenvalue weighted by molar-refractivity contribution is 5.92. The fraction of sp³-hybridized carbons (Fsp3) is 0.273. The minimum Gasteiger partial charge on any atom is -0.395 e. The maximum atomic E-state index is 11.1. The average Bonchev–Trinajstić information content (AvgIpc) is 2.28. The zero-order valence-electron chi connectivity index (χ0n) is 8.73. The van der Waals surface area contributed by atoms with Crippen LogP contribution in [-0.4, -0.2) is 24.2 Å². The zero-order chi connectivity index (χ0) is 11.8. The summed E-state index contributed by atoms with van der Waals surface area (Å²) >= 11 is 0. The molecule has 0 unspecified atom stereocenters. The maximum Gasteiger partial charge on any atom is 0.238 e. The Morgan fingerprint density at radius 2 is 1.94 bits per heavy atom.